The number of rotatable bonds is 6. The summed E-state index contributed by atoms with van der Waals surface area (Å²) in [6, 6.07) is 10.7. The molecule has 0 spiro atoms. The zero-order chi connectivity index (χ0) is 20.5. The van der Waals surface area contributed by atoms with Crippen LogP contribution in [0.2, 0.25) is 0 Å². The Kier molecular flexibility index (Phi) is 5.25. The number of nitrogens with one attached hydrogen (secondary N) is 3. The first-order valence-corrected chi connectivity index (χ1v) is 9.62. The number of benzene rings is 2. The van der Waals surface area contributed by atoms with E-state index in [0.29, 0.717) is 0 Å². The summed E-state index contributed by atoms with van der Waals surface area (Å²) in [5, 5.41) is 13.9. The van der Waals surface area contributed by atoms with Gasteiger partial charge in [-0.25, -0.2) is 0 Å². The number of aromatic nitrogens is 2. The summed E-state index contributed by atoms with van der Waals surface area (Å²) in [6.07, 6.45) is 0. The summed E-state index contributed by atoms with van der Waals surface area (Å²) in [6.45, 7) is 0.0500. The van der Waals surface area contributed by atoms with E-state index in [1.165, 1.54) is 0 Å². The van der Waals surface area contributed by atoms with Crippen LogP contribution >= 0.6 is 7.60 Å². The number of nitro benzene ring substituents is 1. The van der Waals surface area contributed by atoms with Gasteiger partial charge in [0.25, 0.3) is 5.69 Å². The average Bonchev–Trinajstić information content (AvgIpc) is 2.62. The minimum atomic E-state index is -4.86. The van der Waals surface area contributed by atoms with E-state index < -0.39 is 35.1 Å². The van der Waals surface area contributed by atoms with Crippen LogP contribution in [0.1, 0.15) is 16.9 Å². The van der Waals surface area contributed by atoms with Gasteiger partial charge in [-0.1, -0.05) is 30.3 Å². The summed E-state index contributed by atoms with van der Waals surface area (Å²) in [5.74, 6) is -1.66. The van der Waals surface area contributed by atoms with Crippen molar-refractivity contribution in [3.63, 3.8) is 0 Å². The average molecular weight is 406 g/mol. The predicted octanol–water partition coefficient (Wildman–Crippen LogP) is 1.09. The van der Waals surface area contributed by atoms with Crippen molar-refractivity contribution >= 4 is 24.3 Å². The van der Waals surface area contributed by atoms with Crippen molar-refractivity contribution in [2.24, 2.45) is 0 Å². The molecule has 3 aromatic rings. The molecule has 0 aliphatic rings. The van der Waals surface area contributed by atoms with E-state index in [1.54, 1.807) is 30.3 Å². The third kappa shape index (κ3) is 4.07. The van der Waals surface area contributed by atoms with Crippen molar-refractivity contribution in [1.29, 1.82) is 0 Å². The molecule has 0 amide bonds. The van der Waals surface area contributed by atoms with E-state index in [-0.39, 0.29) is 23.1 Å². The number of H-pyrrole nitrogens is 2. The molecule has 5 N–H and O–H groups in total. The molecule has 1 heterocycles. The Bertz CT molecular complexity index is 1200. The molecule has 1 unspecified atom stereocenters. The number of fused-ring (bicyclic) bond motifs is 1. The van der Waals surface area contributed by atoms with Crippen LogP contribution in [-0.2, 0) is 11.1 Å². The molecule has 146 valence electrons. The molecule has 1 aromatic heterocycles. The second-order valence-electron chi connectivity index (χ2n) is 5.98. The topological polar surface area (TPSA) is 178 Å². The molecule has 0 radical (unpaired) electrons. The van der Waals surface area contributed by atoms with Gasteiger partial charge in [0.05, 0.1) is 16.0 Å². The summed E-state index contributed by atoms with van der Waals surface area (Å²) in [5.41, 5.74) is -2.29. The summed E-state index contributed by atoms with van der Waals surface area (Å²) >= 11 is 0. The number of aromatic amines is 2. The van der Waals surface area contributed by atoms with Gasteiger partial charge in [-0.15, -0.1) is 0 Å². The third-order valence-electron chi connectivity index (χ3n) is 4.03. The summed E-state index contributed by atoms with van der Waals surface area (Å²) < 4.78 is 12.1. The van der Waals surface area contributed by atoms with Crippen molar-refractivity contribution in [2.75, 3.05) is 0 Å². The van der Waals surface area contributed by atoms with Crippen LogP contribution < -0.4 is 16.4 Å². The second-order valence-corrected chi connectivity index (χ2v) is 7.68. The number of nitrogens with zero attached hydrogens (tertiary/aromatic N) is 1. The lowest BCUT2D eigenvalue weighted by Gasteiger charge is -2.21. The molecular formula is C16H15N4O7P. The van der Waals surface area contributed by atoms with Gasteiger partial charge in [-0.2, -0.15) is 0 Å². The van der Waals surface area contributed by atoms with Crippen molar-refractivity contribution in [3.8, 4) is 0 Å². The number of hydrogen-bond acceptors (Lipinski definition) is 6. The van der Waals surface area contributed by atoms with Crippen molar-refractivity contribution in [2.45, 2.75) is 12.3 Å². The van der Waals surface area contributed by atoms with Gasteiger partial charge < -0.3 is 19.8 Å². The molecule has 0 bridgehead atoms. The highest BCUT2D eigenvalue weighted by atomic mass is 31.2. The molecule has 1 atom stereocenters. The van der Waals surface area contributed by atoms with Gasteiger partial charge >= 0.3 is 18.7 Å². The SMILES string of the molecule is O=c1[nH]c2cc([N+](=O)[O-])cc(C(NCc3ccccc3)P(=O)(O)O)c2[nH]c1=O. The normalized spacial score (nSPS) is 12.8. The number of non-ortho nitro benzene ring substituents is 1. The fourth-order valence-corrected chi connectivity index (χ4v) is 3.67. The first-order chi connectivity index (χ1) is 13.2. The predicted molar refractivity (Wildman–Crippen MR) is 99.9 cm³/mol. The highest BCUT2D eigenvalue weighted by Crippen LogP contribution is 2.51. The summed E-state index contributed by atoms with van der Waals surface area (Å²) in [4.78, 5) is 57.8. The quantitative estimate of drug-likeness (QED) is 0.175. The van der Waals surface area contributed by atoms with E-state index >= 15 is 0 Å². The Morgan fingerprint density at radius 3 is 2.36 bits per heavy atom. The lowest BCUT2D eigenvalue weighted by Crippen LogP contribution is -2.30. The third-order valence-corrected chi connectivity index (χ3v) is 5.16. The minimum Gasteiger partial charge on any atom is -0.323 e. The van der Waals surface area contributed by atoms with E-state index in [9.17, 15) is 34.1 Å². The monoisotopic (exact) mass is 406 g/mol. The number of nitro groups is 1. The molecular weight excluding hydrogens is 391 g/mol. The van der Waals surface area contributed by atoms with Gasteiger partial charge in [-0.05, 0) is 5.56 Å². The first-order valence-electron chi connectivity index (χ1n) is 7.94. The van der Waals surface area contributed by atoms with Crippen LogP contribution in [0.3, 0.4) is 0 Å². The fourth-order valence-electron chi connectivity index (χ4n) is 2.78. The standard InChI is InChI=1S/C16H15N4O7P/c21-14-15(22)19-13-11(6-10(20(23)24)7-12(13)18-14)16(28(25,26)27)17-8-9-4-2-1-3-5-9/h1-7,16-17H,8H2,(H,18,21)(H,19,22)(H2,25,26,27). The van der Waals surface area contributed by atoms with Gasteiger partial charge in [0.15, 0.2) is 0 Å². The molecule has 0 saturated carbocycles. The Morgan fingerprint density at radius 2 is 1.75 bits per heavy atom. The molecule has 12 heteroatoms. The smallest absolute Gasteiger partial charge is 0.323 e. The van der Waals surface area contributed by atoms with Crippen LogP contribution in [0, 0.1) is 10.1 Å². The zero-order valence-electron chi connectivity index (χ0n) is 14.2. The van der Waals surface area contributed by atoms with Crippen molar-refractivity contribution < 1.29 is 19.3 Å². The van der Waals surface area contributed by atoms with Gasteiger partial charge in [0.1, 0.15) is 5.78 Å². The zero-order valence-corrected chi connectivity index (χ0v) is 15.1. The van der Waals surface area contributed by atoms with Crippen LogP contribution in [-0.4, -0.2) is 24.7 Å². The van der Waals surface area contributed by atoms with E-state index in [2.05, 4.69) is 15.3 Å². The Balaban J connectivity index is 2.19. The Morgan fingerprint density at radius 1 is 1.11 bits per heavy atom. The maximum absolute atomic E-state index is 12.1. The molecule has 2 aromatic carbocycles. The highest BCUT2D eigenvalue weighted by Gasteiger charge is 2.33. The van der Waals surface area contributed by atoms with E-state index in [0.717, 1.165) is 17.7 Å². The maximum atomic E-state index is 12.1. The molecule has 11 nitrogen and oxygen atoms in total. The first kappa shape index (κ1) is 19.6. The summed E-state index contributed by atoms with van der Waals surface area (Å²) in [7, 11) is -4.86. The molecule has 0 saturated heterocycles. The number of hydrogen-bond donors (Lipinski definition) is 5. The molecule has 3 rings (SSSR count). The van der Waals surface area contributed by atoms with Crippen LogP contribution in [0.15, 0.2) is 52.1 Å². The molecule has 0 fully saturated rings. The minimum absolute atomic E-state index is 0.0500. The van der Waals surface area contributed by atoms with Crippen molar-refractivity contribution in [3.05, 3.63) is 84.4 Å². The van der Waals surface area contributed by atoms with Crippen molar-refractivity contribution in [1.82, 2.24) is 15.3 Å². The Labute approximate surface area is 156 Å². The van der Waals surface area contributed by atoms with Crippen LogP contribution in [0.5, 0.6) is 0 Å². The maximum Gasteiger partial charge on any atom is 0.346 e. The molecule has 28 heavy (non-hydrogen) atoms. The largest absolute Gasteiger partial charge is 0.346 e. The van der Waals surface area contributed by atoms with E-state index in [4.69, 9.17) is 0 Å². The van der Waals surface area contributed by atoms with Gasteiger partial charge in [0.2, 0.25) is 0 Å². The fraction of sp³-hybridized carbons (Fsp3) is 0.125. The molecule has 0 aliphatic heterocycles. The van der Waals surface area contributed by atoms with Crippen LogP contribution in [0.4, 0.5) is 5.69 Å². The van der Waals surface area contributed by atoms with Gasteiger partial charge in [-0.3, -0.25) is 29.6 Å². The lowest BCUT2D eigenvalue weighted by atomic mass is 10.1. The molecule has 0 aliphatic carbocycles. The Hall–Kier alpha value is -3.11. The van der Waals surface area contributed by atoms with Gasteiger partial charge in [0, 0.05) is 24.2 Å². The highest BCUT2D eigenvalue weighted by molar-refractivity contribution is 7.52. The van der Waals surface area contributed by atoms with Crippen LogP contribution in [0.25, 0.3) is 11.0 Å². The van der Waals surface area contributed by atoms with E-state index in [1.807, 2.05) is 0 Å². The lowest BCUT2D eigenvalue weighted by molar-refractivity contribution is -0.384. The second kappa shape index (κ2) is 7.49.